The van der Waals surface area contributed by atoms with E-state index in [1.165, 1.54) is 6.42 Å². The van der Waals surface area contributed by atoms with E-state index in [4.69, 9.17) is 4.52 Å². The summed E-state index contributed by atoms with van der Waals surface area (Å²) in [5, 5.41) is 7.46. The molecular weight excluding hydrogens is 316 g/mol. The highest BCUT2D eigenvalue weighted by Crippen LogP contribution is 2.32. The van der Waals surface area contributed by atoms with Crippen molar-refractivity contribution in [3.05, 3.63) is 11.7 Å². The summed E-state index contributed by atoms with van der Waals surface area (Å²) in [6, 6.07) is 0.00505. The van der Waals surface area contributed by atoms with Crippen LogP contribution in [0.25, 0.3) is 0 Å². The van der Waals surface area contributed by atoms with E-state index in [0.29, 0.717) is 24.1 Å². The fraction of sp³-hybridized carbons (Fsp3) is 0.812. The summed E-state index contributed by atoms with van der Waals surface area (Å²) < 4.78 is 5.30. The van der Waals surface area contributed by atoms with Gasteiger partial charge in [-0.15, -0.1) is 12.4 Å². The van der Waals surface area contributed by atoms with E-state index in [0.717, 1.165) is 38.9 Å². The first-order chi connectivity index (χ1) is 10.6. The summed E-state index contributed by atoms with van der Waals surface area (Å²) in [7, 11) is 0. The molecule has 2 saturated heterocycles. The van der Waals surface area contributed by atoms with Crippen LogP contribution in [-0.2, 0) is 4.79 Å². The molecule has 0 saturated carbocycles. The predicted molar refractivity (Wildman–Crippen MR) is 89.5 cm³/mol. The molecule has 1 aromatic heterocycles. The second kappa shape index (κ2) is 8.11. The minimum atomic E-state index is 0. The lowest BCUT2D eigenvalue weighted by Crippen LogP contribution is -2.31. The standard InChI is InChI=1S/C16H26N4O2.ClH/c1-11(2)16-18-15(19-22-16)13-4-3-9-20(13)14(21)6-5-12-7-8-17-10-12;/h11-13,17H,3-10H2,1-2H3;1H. The predicted octanol–water partition coefficient (Wildman–Crippen LogP) is 2.67. The third-order valence-electron chi connectivity index (χ3n) is 4.75. The van der Waals surface area contributed by atoms with Crippen molar-refractivity contribution >= 4 is 18.3 Å². The first kappa shape index (κ1) is 18.2. The Bertz CT molecular complexity index is 514. The van der Waals surface area contributed by atoms with Gasteiger partial charge in [0.25, 0.3) is 0 Å². The largest absolute Gasteiger partial charge is 0.339 e. The summed E-state index contributed by atoms with van der Waals surface area (Å²) in [5.41, 5.74) is 0. The number of amides is 1. The van der Waals surface area contributed by atoms with Gasteiger partial charge in [0.15, 0.2) is 5.82 Å². The van der Waals surface area contributed by atoms with Gasteiger partial charge in [0.05, 0.1) is 6.04 Å². The van der Waals surface area contributed by atoms with Crippen LogP contribution in [0.1, 0.15) is 69.6 Å². The molecule has 0 radical (unpaired) electrons. The van der Waals surface area contributed by atoms with Gasteiger partial charge in [-0.05, 0) is 44.7 Å². The summed E-state index contributed by atoms with van der Waals surface area (Å²) in [6.45, 7) is 7.03. The number of carbonyl (C=O) groups is 1. The minimum Gasteiger partial charge on any atom is -0.339 e. The molecule has 0 bridgehead atoms. The van der Waals surface area contributed by atoms with Crippen LogP contribution in [0.4, 0.5) is 0 Å². The van der Waals surface area contributed by atoms with E-state index in [9.17, 15) is 4.79 Å². The zero-order valence-corrected chi connectivity index (χ0v) is 14.8. The van der Waals surface area contributed by atoms with Gasteiger partial charge < -0.3 is 14.7 Å². The molecule has 3 rings (SSSR count). The molecule has 2 atom stereocenters. The van der Waals surface area contributed by atoms with Crippen LogP contribution in [0.15, 0.2) is 4.52 Å². The lowest BCUT2D eigenvalue weighted by atomic mass is 10.0. The summed E-state index contributed by atoms with van der Waals surface area (Å²) in [4.78, 5) is 19.0. The minimum absolute atomic E-state index is 0. The molecule has 0 aromatic carbocycles. The van der Waals surface area contributed by atoms with E-state index in [1.54, 1.807) is 0 Å². The number of rotatable bonds is 5. The van der Waals surface area contributed by atoms with Gasteiger partial charge in [-0.2, -0.15) is 4.98 Å². The van der Waals surface area contributed by atoms with Crippen LogP contribution in [0, 0.1) is 5.92 Å². The Morgan fingerprint density at radius 1 is 1.43 bits per heavy atom. The van der Waals surface area contributed by atoms with Crippen LogP contribution < -0.4 is 5.32 Å². The Morgan fingerprint density at radius 3 is 2.91 bits per heavy atom. The molecule has 1 amide bonds. The molecule has 2 aliphatic rings. The maximum absolute atomic E-state index is 12.5. The molecular formula is C16H27ClN4O2. The van der Waals surface area contributed by atoms with Crippen LogP contribution in [0.5, 0.6) is 0 Å². The van der Waals surface area contributed by atoms with Crippen molar-refractivity contribution in [1.82, 2.24) is 20.4 Å². The van der Waals surface area contributed by atoms with Gasteiger partial charge in [0.1, 0.15) is 0 Å². The highest BCUT2D eigenvalue weighted by Gasteiger charge is 2.33. The molecule has 1 aromatic rings. The molecule has 1 N–H and O–H groups in total. The summed E-state index contributed by atoms with van der Waals surface area (Å²) in [6.07, 6.45) is 4.77. The molecule has 0 aliphatic carbocycles. The zero-order valence-electron chi connectivity index (χ0n) is 14.0. The third-order valence-corrected chi connectivity index (χ3v) is 4.75. The summed E-state index contributed by atoms with van der Waals surface area (Å²) in [5.74, 6) is 2.46. The van der Waals surface area contributed by atoms with Crippen LogP contribution >= 0.6 is 12.4 Å². The Balaban J connectivity index is 0.00000192. The lowest BCUT2D eigenvalue weighted by molar-refractivity contribution is -0.132. The molecule has 23 heavy (non-hydrogen) atoms. The molecule has 6 nitrogen and oxygen atoms in total. The number of hydrogen-bond acceptors (Lipinski definition) is 5. The molecule has 7 heteroatoms. The number of carbonyl (C=O) groups excluding carboxylic acids is 1. The topological polar surface area (TPSA) is 71.3 Å². The molecule has 0 spiro atoms. The molecule has 130 valence electrons. The Labute approximate surface area is 143 Å². The second-order valence-corrected chi connectivity index (χ2v) is 6.79. The van der Waals surface area contributed by atoms with E-state index in [2.05, 4.69) is 15.5 Å². The Morgan fingerprint density at radius 2 is 2.26 bits per heavy atom. The smallest absolute Gasteiger partial charge is 0.229 e. The van der Waals surface area contributed by atoms with Crippen LogP contribution in [0.3, 0.4) is 0 Å². The van der Waals surface area contributed by atoms with Gasteiger partial charge in [-0.3, -0.25) is 4.79 Å². The number of aromatic nitrogens is 2. The second-order valence-electron chi connectivity index (χ2n) is 6.79. The molecule has 2 aliphatic heterocycles. The normalized spacial score (nSPS) is 24.2. The van der Waals surface area contributed by atoms with E-state index in [1.807, 2.05) is 18.7 Å². The summed E-state index contributed by atoms with van der Waals surface area (Å²) >= 11 is 0. The molecule has 2 fully saturated rings. The number of likely N-dealkylation sites (tertiary alicyclic amines) is 1. The fourth-order valence-electron chi connectivity index (χ4n) is 3.38. The number of hydrogen-bond donors (Lipinski definition) is 1. The maximum atomic E-state index is 12.5. The zero-order chi connectivity index (χ0) is 15.5. The van der Waals surface area contributed by atoms with Crippen LogP contribution in [0.2, 0.25) is 0 Å². The van der Waals surface area contributed by atoms with Crippen molar-refractivity contribution in [1.29, 1.82) is 0 Å². The van der Waals surface area contributed by atoms with Crippen molar-refractivity contribution in [2.45, 2.75) is 57.9 Å². The van der Waals surface area contributed by atoms with E-state index < -0.39 is 0 Å². The van der Waals surface area contributed by atoms with Crippen molar-refractivity contribution in [2.75, 3.05) is 19.6 Å². The molecule has 3 heterocycles. The first-order valence-corrected chi connectivity index (χ1v) is 8.49. The Kier molecular flexibility index (Phi) is 6.41. The van der Waals surface area contributed by atoms with Gasteiger partial charge in [-0.25, -0.2) is 0 Å². The number of nitrogens with zero attached hydrogens (tertiary/aromatic N) is 3. The van der Waals surface area contributed by atoms with Crippen molar-refractivity contribution in [2.24, 2.45) is 5.92 Å². The highest BCUT2D eigenvalue weighted by atomic mass is 35.5. The average molecular weight is 343 g/mol. The quantitative estimate of drug-likeness (QED) is 0.890. The highest BCUT2D eigenvalue weighted by molar-refractivity contribution is 5.85. The van der Waals surface area contributed by atoms with Gasteiger partial charge in [0, 0.05) is 18.9 Å². The number of halogens is 1. The number of nitrogens with one attached hydrogen (secondary N) is 1. The lowest BCUT2D eigenvalue weighted by Gasteiger charge is -2.22. The fourth-order valence-corrected chi connectivity index (χ4v) is 3.38. The average Bonchev–Trinajstić information content (AvgIpc) is 3.23. The third kappa shape index (κ3) is 4.23. The van der Waals surface area contributed by atoms with Crippen LogP contribution in [-0.4, -0.2) is 40.6 Å². The van der Waals surface area contributed by atoms with Gasteiger partial charge in [-0.1, -0.05) is 19.0 Å². The SMILES string of the molecule is CC(C)c1nc(C2CCCN2C(=O)CCC2CCNC2)no1.Cl. The van der Waals surface area contributed by atoms with E-state index in [-0.39, 0.29) is 30.3 Å². The molecule has 2 unspecified atom stereocenters. The Hall–Kier alpha value is -1.14. The van der Waals surface area contributed by atoms with Crippen molar-refractivity contribution in [3.8, 4) is 0 Å². The van der Waals surface area contributed by atoms with Crippen molar-refractivity contribution < 1.29 is 9.32 Å². The van der Waals surface area contributed by atoms with Gasteiger partial charge in [0.2, 0.25) is 11.8 Å². The van der Waals surface area contributed by atoms with E-state index >= 15 is 0 Å². The first-order valence-electron chi connectivity index (χ1n) is 8.49. The maximum Gasteiger partial charge on any atom is 0.229 e. The monoisotopic (exact) mass is 342 g/mol. The van der Waals surface area contributed by atoms with Crippen molar-refractivity contribution in [3.63, 3.8) is 0 Å². The van der Waals surface area contributed by atoms with Gasteiger partial charge >= 0.3 is 0 Å².